The molecule has 7 nitrogen and oxygen atoms in total. The molecule has 0 amide bonds. The maximum absolute atomic E-state index is 11.6. The Labute approximate surface area is 258 Å². The zero-order chi connectivity index (χ0) is 30.9. The molecule has 0 bridgehead atoms. The Bertz CT molecular complexity index is 1720. The molecule has 0 aliphatic rings. The molecule has 44 heavy (non-hydrogen) atoms. The van der Waals surface area contributed by atoms with Crippen molar-refractivity contribution in [1.29, 1.82) is 0 Å². The quantitative estimate of drug-likeness (QED) is 0.147. The maximum Gasteiger partial charge on any atom is 0.320 e. The van der Waals surface area contributed by atoms with Crippen molar-refractivity contribution < 1.29 is 19.4 Å². The van der Waals surface area contributed by atoms with E-state index < -0.39 is 12.0 Å². The van der Waals surface area contributed by atoms with Crippen LogP contribution >= 0.6 is 0 Å². The number of nitrogens with zero attached hydrogens (tertiary/aromatic N) is 2. The van der Waals surface area contributed by atoms with Gasteiger partial charge in [0.15, 0.2) is 0 Å². The minimum atomic E-state index is -1.01. The lowest BCUT2D eigenvalue weighted by Gasteiger charge is -2.26. The molecular formula is C37H39N3O4. The number of hydrogen-bond acceptors (Lipinski definition) is 6. The molecule has 0 saturated carbocycles. The van der Waals surface area contributed by atoms with E-state index in [9.17, 15) is 9.90 Å². The average molecular weight is 590 g/mol. The summed E-state index contributed by atoms with van der Waals surface area (Å²) in [6.45, 7) is 6.47. The van der Waals surface area contributed by atoms with Gasteiger partial charge in [0.1, 0.15) is 30.8 Å². The first-order valence-electron chi connectivity index (χ1n) is 14.9. The van der Waals surface area contributed by atoms with Crippen LogP contribution in [0.3, 0.4) is 0 Å². The molecule has 1 heterocycles. The second-order valence-corrected chi connectivity index (χ2v) is 11.2. The van der Waals surface area contributed by atoms with Crippen LogP contribution in [-0.4, -0.2) is 33.5 Å². The molecule has 0 aliphatic carbocycles. The smallest absolute Gasteiger partial charge is 0.320 e. The number of carbonyl (C=O) groups is 1. The number of para-hydroxylation sites is 1. The van der Waals surface area contributed by atoms with Crippen molar-refractivity contribution in [3.63, 3.8) is 0 Å². The number of ether oxygens (including phenoxy) is 2. The molecule has 1 atom stereocenters. The van der Waals surface area contributed by atoms with E-state index in [0.29, 0.717) is 39.3 Å². The third-order valence-electron chi connectivity index (χ3n) is 7.61. The van der Waals surface area contributed by atoms with Gasteiger partial charge in [-0.1, -0.05) is 83.9 Å². The Morgan fingerprint density at radius 2 is 1.50 bits per heavy atom. The lowest BCUT2D eigenvalue weighted by Crippen LogP contribution is -2.35. The highest BCUT2D eigenvalue weighted by Crippen LogP contribution is 2.30. The molecule has 0 radical (unpaired) electrons. The number of hydrogen-bond donors (Lipinski definition) is 2. The van der Waals surface area contributed by atoms with Gasteiger partial charge in [-0.3, -0.25) is 14.7 Å². The Kier molecular flexibility index (Phi) is 10.2. The van der Waals surface area contributed by atoms with Crippen molar-refractivity contribution in [2.75, 3.05) is 6.54 Å². The van der Waals surface area contributed by atoms with E-state index in [2.05, 4.69) is 55.1 Å². The number of benzene rings is 4. The molecule has 3 N–H and O–H groups in total. The number of aliphatic carboxylic acids is 1. The van der Waals surface area contributed by atoms with Crippen LogP contribution < -0.4 is 15.2 Å². The van der Waals surface area contributed by atoms with Crippen molar-refractivity contribution in [3.05, 3.63) is 137 Å². The van der Waals surface area contributed by atoms with Crippen molar-refractivity contribution in [2.24, 2.45) is 5.73 Å². The fourth-order valence-electron chi connectivity index (χ4n) is 5.30. The van der Waals surface area contributed by atoms with Gasteiger partial charge in [0.2, 0.25) is 0 Å². The molecule has 7 heteroatoms. The fraction of sp³-hybridized carbons (Fsp3) is 0.243. The van der Waals surface area contributed by atoms with Crippen LogP contribution in [0.15, 0.2) is 103 Å². The number of rotatable bonds is 14. The predicted molar refractivity (Wildman–Crippen MR) is 174 cm³/mol. The molecule has 4 aromatic carbocycles. The van der Waals surface area contributed by atoms with Gasteiger partial charge >= 0.3 is 5.97 Å². The molecule has 5 rings (SSSR count). The lowest BCUT2D eigenvalue weighted by molar-refractivity contribution is -0.138. The second-order valence-electron chi connectivity index (χ2n) is 11.2. The average Bonchev–Trinajstić information content (AvgIpc) is 3.02. The van der Waals surface area contributed by atoms with Crippen LogP contribution in [0.5, 0.6) is 11.5 Å². The zero-order valence-electron chi connectivity index (χ0n) is 25.3. The first-order chi connectivity index (χ1) is 21.4. The van der Waals surface area contributed by atoms with Gasteiger partial charge in [-0.05, 0) is 55.7 Å². The van der Waals surface area contributed by atoms with Crippen LogP contribution in [0.4, 0.5) is 0 Å². The van der Waals surface area contributed by atoms with E-state index in [1.807, 2.05) is 60.7 Å². The molecular weight excluding hydrogens is 550 g/mol. The van der Waals surface area contributed by atoms with E-state index in [0.717, 1.165) is 44.7 Å². The third-order valence-corrected chi connectivity index (χ3v) is 7.61. The number of carboxylic acid groups (broad SMARTS) is 1. The number of fused-ring (bicyclic) bond motifs is 1. The summed E-state index contributed by atoms with van der Waals surface area (Å²) in [5.74, 6) is 0.517. The van der Waals surface area contributed by atoms with E-state index in [1.54, 1.807) is 6.20 Å². The molecule has 0 unspecified atom stereocenters. The monoisotopic (exact) mass is 589 g/mol. The first-order valence-corrected chi connectivity index (χ1v) is 14.9. The molecule has 0 aliphatic heterocycles. The summed E-state index contributed by atoms with van der Waals surface area (Å²) in [7, 11) is 0. The predicted octanol–water partition coefficient (Wildman–Crippen LogP) is 6.81. The number of aryl methyl sites for hydroxylation is 2. The van der Waals surface area contributed by atoms with Gasteiger partial charge in [-0.15, -0.1) is 0 Å². The van der Waals surface area contributed by atoms with Crippen LogP contribution in [0.25, 0.3) is 10.9 Å². The van der Waals surface area contributed by atoms with Crippen molar-refractivity contribution in [1.82, 2.24) is 9.88 Å². The van der Waals surface area contributed by atoms with Gasteiger partial charge in [-0.25, -0.2) is 0 Å². The standard InChI is InChI=1S/C37H39N3O4/c1-26-8-5-10-28(20-26)24-43-34-14-4-3-12-31(34)22-40(19-17-33(38)37(41)42)23-32-35(16-15-30-13-7-18-39-36(30)32)44-25-29-11-6-9-27(2)21-29/h3-16,18,20-21,33H,17,19,22-25,38H2,1-2H3,(H,41,42)/t33-/m0/s1. The molecule has 1 aromatic heterocycles. The molecule has 0 fully saturated rings. The van der Waals surface area contributed by atoms with Crippen molar-refractivity contribution in [2.45, 2.75) is 52.6 Å². The van der Waals surface area contributed by atoms with Crippen molar-refractivity contribution >= 4 is 16.9 Å². The maximum atomic E-state index is 11.6. The Hall–Kier alpha value is -4.72. The number of nitrogens with two attached hydrogens (primary N) is 1. The second kappa shape index (κ2) is 14.6. The van der Waals surface area contributed by atoms with Crippen LogP contribution in [0.1, 0.15) is 39.8 Å². The molecule has 226 valence electrons. The van der Waals surface area contributed by atoms with Gasteiger partial charge in [0.05, 0.1) is 5.52 Å². The summed E-state index contributed by atoms with van der Waals surface area (Å²) >= 11 is 0. The lowest BCUT2D eigenvalue weighted by atomic mass is 10.1. The summed E-state index contributed by atoms with van der Waals surface area (Å²) in [5, 5.41) is 10.5. The van der Waals surface area contributed by atoms with E-state index in [4.69, 9.17) is 20.2 Å². The summed E-state index contributed by atoms with van der Waals surface area (Å²) < 4.78 is 12.7. The molecule has 5 aromatic rings. The third kappa shape index (κ3) is 8.22. The SMILES string of the molecule is Cc1cccc(COc2ccccc2CN(CC[C@H](N)C(=O)O)Cc2c(OCc3cccc(C)c3)ccc3cccnc23)c1. The van der Waals surface area contributed by atoms with E-state index >= 15 is 0 Å². The van der Waals surface area contributed by atoms with Crippen LogP contribution in [0, 0.1) is 13.8 Å². The van der Waals surface area contributed by atoms with Gasteiger partial charge in [0.25, 0.3) is 0 Å². The Balaban J connectivity index is 1.43. The Morgan fingerprint density at radius 3 is 2.18 bits per heavy atom. The Morgan fingerprint density at radius 1 is 0.818 bits per heavy atom. The highest BCUT2D eigenvalue weighted by Gasteiger charge is 2.20. The number of pyridine rings is 1. The number of aromatic nitrogens is 1. The minimum absolute atomic E-state index is 0.291. The first kappa shape index (κ1) is 30.7. The van der Waals surface area contributed by atoms with Crippen LogP contribution in [0.2, 0.25) is 0 Å². The van der Waals surface area contributed by atoms with E-state index in [1.165, 1.54) is 11.1 Å². The summed E-state index contributed by atoms with van der Waals surface area (Å²) in [6, 6.07) is 31.5. The summed E-state index contributed by atoms with van der Waals surface area (Å²) in [5.41, 5.74) is 13.3. The van der Waals surface area contributed by atoms with Gasteiger partial charge in [0, 0.05) is 42.3 Å². The largest absolute Gasteiger partial charge is 0.489 e. The highest BCUT2D eigenvalue weighted by molar-refractivity contribution is 5.84. The summed E-state index contributed by atoms with van der Waals surface area (Å²) in [4.78, 5) is 18.5. The summed E-state index contributed by atoms with van der Waals surface area (Å²) in [6.07, 6.45) is 2.08. The van der Waals surface area contributed by atoms with Gasteiger partial charge in [-0.2, -0.15) is 0 Å². The van der Waals surface area contributed by atoms with Gasteiger partial charge < -0.3 is 20.3 Å². The molecule has 0 saturated heterocycles. The van der Waals surface area contributed by atoms with Crippen molar-refractivity contribution in [3.8, 4) is 11.5 Å². The highest BCUT2D eigenvalue weighted by atomic mass is 16.5. The van der Waals surface area contributed by atoms with Crippen LogP contribution in [-0.2, 0) is 31.1 Å². The van der Waals surface area contributed by atoms with E-state index in [-0.39, 0.29) is 0 Å². The number of carboxylic acids is 1. The zero-order valence-corrected chi connectivity index (χ0v) is 25.3. The minimum Gasteiger partial charge on any atom is -0.489 e. The molecule has 0 spiro atoms. The normalized spacial score (nSPS) is 11.9. The fourth-order valence-corrected chi connectivity index (χ4v) is 5.30. The topological polar surface area (TPSA) is 97.9 Å².